The van der Waals surface area contributed by atoms with E-state index in [4.69, 9.17) is 0 Å². The molecule has 0 amide bonds. The molecule has 0 fully saturated rings. The highest BCUT2D eigenvalue weighted by molar-refractivity contribution is 5.70. The van der Waals surface area contributed by atoms with Gasteiger partial charge in [-0.2, -0.15) is 5.10 Å². The summed E-state index contributed by atoms with van der Waals surface area (Å²) in [4.78, 5) is 0. The zero-order valence-electron chi connectivity index (χ0n) is 4.05. The highest BCUT2D eigenvalue weighted by atomic mass is 15.7. The van der Waals surface area contributed by atoms with Crippen molar-refractivity contribution in [1.29, 1.82) is 0 Å². The molecule has 0 aromatic carbocycles. The summed E-state index contributed by atoms with van der Waals surface area (Å²) in [5.74, 6) is 0. The molecule has 1 rings (SSSR count). The molecule has 0 aromatic heterocycles. The Bertz CT molecular complexity index is 106. The Morgan fingerprint density at radius 3 is 3.00 bits per heavy atom. The summed E-state index contributed by atoms with van der Waals surface area (Å²) < 4.78 is 0. The van der Waals surface area contributed by atoms with Crippen molar-refractivity contribution in [3.05, 3.63) is 12.3 Å². The van der Waals surface area contributed by atoms with E-state index in [9.17, 15) is 0 Å². The molecule has 0 saturated heterocycles. The molecule has 0 atom stereocenters. The molecular formula is C4H6N3. The Morgan fingerprint density at radius 1 is 1.86 bits per heavy atom. The number of hydrogen-bond acceptors (Lipinski definition) is 3. The fraction of sp³-hybridized carbons (Fsp3) is 0.250. The van der Waals surface area contributed by atoms with E-state index in [0.29, 0.717) is 0 Å². The monoisotopic (exact) mass is 96.1 g/mol. The minimum Gasteiger partial charge on any atom is -0.290 e. The molecule has 1 N–H and O–H groups in total. The van der Waals surface area contributed by atoms with E-state index < -0.39 is 0 Å². The van der Waals surface area contributed by atoms with Gasteiger partial charge in [0.15, 0.2) is 0 Å². The van der Waals surface area contributed by atoms with Crippen LogP contribution in [0.15, 0.2) is 17.4 Å². The Morgan fingerprint density at radius 2 is 2.71 bits per heavy atom. The lowest BCUT2D eigenvalue weighted by atomic mass is 10.6. The summed E-state index contributed by atoms with van der Waals surface area (Å²) in [5.41, 5.74) is 2.81. The van der Waals surface area contributed by atoms with E-state index in [1.165, 1.54) is 0 Å². The minimum absolute atomic E-state index is 1.57. The molecular weight excluding hydrogens is 90.1 g/mol. The summed E-state index contributed by atoms with van der Waals surface area (Å²) >= 11 is 0. The van der Waals surface area contributed by atoms with Crippen LogP contribution in [0.5, 0.6) is 0 Å². The lowest BCUT2D eigenvalue weighted by molar-refractivity contribution is 0.290. The van der Waals surface area contributed by atoms with Crippen LogP contribution in [0.3, 0.4) is 0 Å². The minimum atomic E-state index is 1.57. The number of hydrazine groups is 1. The molecule has 0 aliphatic carbocycles. The molecule has 3 nitrogen and oxygen atoms in total. The molecule has 7 heavy (non-hydrogen) atoms. The molecule has 0 spiro atoms. The summed E-state index contributed by atoms with van der Waals surface area (Å²) in [7, 11) is 1.80. The molecule has 0 aromatic rings. The van der Waals surface area contributed by atoms with Crippen molar-refractivity contribution in [2.75, 3.05) is 7.05 Å². The Labute approximate surface area is 42.3 Å². The van der Waals surface area contributed by atoms with Crippen molar-refractivity contribution in [2.45, 2.75) is 0 Å². The maximum atomic E-state index is 3.72. The zero-order chi connectivity index (χ0) is 5.11. The topological polar surface area (TPSA) is 27.6 Å². The second-order valence-electron chi connectivity index (χ2n) is 1.22. The third-order valence-electron chi connectivity index (χ3n) is 0.627. The highest BCUT2D eigenvalue weighted by Gasteiger charge is 1.85. The van der Waals surface area contributed by atoms with Gasteiger partial charge in [-0.25, -0.2) is 5.12 Å². The van der Waals surface area contributed by atoms with Gasteiger partial charge in [-0.3, -0.25) is 5.43 Å². The van der Waals surface area contributed by atoms with Gasteiger partial charge in [-0.1, -0.05) is 0 Å². The maximum Gasteiger partial charge on any atom is 0.114 e. The normalized spacial score (nSPS) is 17.0. The van der Waals surface area contributed by atoms with Crippen LogP contribution in [0.2, 0.25) is 0 Å². The predicted molar refractivity (Wildman–Crippen MR) is 27.5 cm³/mol. The Kier molecular flexibility index (Phi) is 0.978. The van der Waals surface area contributed by atoms with Crippen LogP contribution in [0, 0.1) is 0 Å². The molecule has 37 valence electrons. The number of hydrazone groups is 1. The number of rotatable bonds is 0. The van der Waals surface area contributed by atoms with Crippen LogP contribution in [-0.4, -0.2) is 18.4 Å². The third-order valence-corrected chi connectivity index (χ3v) is 0.627. The number of nitrogens with one attached hydrogen (secondary N) is 1. The second-order valence-corrected chi connectivity index (χ2v) is 1.22. The largest absolute Gasteiger partial charge is 0.290 e. The lowest BCUT2D eigenvalue weighted by Gasteiger charge is -2.12. The zero-order valence-corrected chi connectivity index (χ0v) is 4.05. The van der Waals surface area contributed by atoms with Gasteiger partial charge in [0.1, 0.15) is 6.21 Å². The average molecular weight is 96.1 g/mol. The fourth-order valence-electron chi connectivity index (χ4n) is 0.331. The molecule has 1 aliphatic heterocycles. The first kappa shape index (κ1) is 4.18. The van der Waals surface area contributed by atoms with Crippen LogP contribution >= 0.6 is 0 Å². The Balaban J connectivity index is 2.49. The van der Waals surface area contributed by atoms with Crippen molar-refractivity contribution < 1.29 is 0 Å². The molecule has 0 bridgehead atoms. The van der Waals surface area contributed by atoms with Gasteiger partial charge < -0.3 is 0 Å². The molecule has 1 radical (unpaired) electrons. The summed E-state index contributed by atoms with van der Waals surface area (Å²) in [6.45, 7) is 0. The van der Waals surface area contributed by atoms with Crippen molar-refractivity contribution in [3.63, 3.8) is 0 Å². The molecule has 1 heterocycles. The maximum absolute atomic E-state index is 3.72. The quantitative estimate of drug-likeness (QED) is 0.452. The molecule has 0 unspecified atom stereocenters. The summed E-state index contributed by atoms with van der Waals surface area (Å²) in [6, 6.07) is 0. The standard InChI is InChI=1S/C4H6N3/c1-7-5-3-2-4-6-7/h2-3,5H,1H3. The molecule has 3 heteroatoms. The number of allylic oxidation sites excluding steroid dienone is 1. The summed E-state index contributed by atoms with van der Waals surface area (Å²) in [5, 5.41) is 5.28. The smallest absolute Gasteiger partial charge is 0.114 e. The second kappa shape index (κ2) is 1.64. The van der Waals surface area contributed by atoms with E-state index in [0.717, 1.165) is 0 Å². The molecule has 0 saturated carbocycles. The van der Waals surface area contributed by atoms with Crippen molar-refractivity contribution in [2.24, 2.45) is 5.10 Å². The van der Waals surface area contributed by atoms with Crippen LogP contribution in [-0.2, 0) is 0 Å². The SMILES string of the molecule is CN1N=[C]C=CN1. The van der Waals surface area contributed by atoms with Gasteiger partial charge in [0, 0.05) is 13.2 Å². The van der Waals surface area contributed by atoms with Crippen LogP contribution in [0.25, 0.3) is 0 Å². The van der Waals surface area contributed by atoms with Crippen molar-refractivity contribution in [1.82, 2.24) is 10.5 Å². The van der Waals surface area contributed by atoms with Gasteiger partial charge in [0.05, 0.1) is 0 Å². The predicted octanol–water partition coefficient (Wildman–Crippen LogP) is -0.187. The first-order valence-corrected chi connectivity index (χ1v) is 2.01. The highest BCUT2D eigenvalue weighted by Crippen LogP contribution is 1.79. The van der Waals surface area contributed by atoms with Crippen molar-refractivity contribution >= 4 is 6.21 Å². The first-order chi connectivity index (χ1) is 3.39. The van der Waals surface area contributed by atoms with Gasteiger partial charge >= 0.3 is 0 Å². The average Bonchev–Trinajstić information content (AvgIpc) is 1.69. The van der Waals surface area contributed by atoms with Gasteiger partial charge in [-0.15, -0.1) is 0 Å². The van der Waals surface area contributed by atoms with E-state index in [1.54, 1.807) is 24.4 Å². The van der Waals surface area contributed by atoms with E-state index in [-0.39, 0.29) is 0 Å². The lowest BCUT2D eigenvalue weighted by Crippen LogP contribution is -2.26. The number of nitrogens with zero attached hydrogens (tertiary/aromatic N) is 2. The third kappa shape index (κ3) is 0.924. The van der Waals surface area contributed by atoms with E-state index >= 15 is 0 Å². The summed E-state index contributed by atoms with van der Waals surface area (Å²) in [6.07, 6.45) is 6.11. The van der Waals surface area contributed by atoms with E-state index in [2.05, 4.69) is 16.7 Å². The van der Waals surface area contributed by atoms with E-state index in [1.807, 2.05) is 0 Å². The first-order valence-electron chi connectivity index (χ1n) is 2.01. The number of hydrogen-bond donors (Lipinski definition) is 1. The van der Waals surface area contributed by atoms with Gasteiger partial charge in [0.25, 0.3) is 0 Å². The fourth-order valence-corrected chi connectivity index (χ4v) is 0.331. The van der Waals surface area contributed by atoms with Gasteiger partial charge in [-0.05, 0) is 6.08 Å². The van der Waals surface area contributed by atoms with Crippen LogP contribution < -0.4 is 5.43 Å². The van der Waals surface area contributed by atoms with Crippen molar-refractivity contribution in [3.8, 4) is 0 Å². The van der Waals surface area contributed by atoms with Gasteiger partial charge in [0.2, 0.25) is 0 Å². The molecule has 1 aliphatic rings. The Hall–Kier alpha value is -0.990. The van der Waals surface area contributed by atoms with Crippen LogP contribution in [0.1, 0.15) is 0 Å². The van der Waals surface area contributed by atoms with Crippen LogP contribution in [0.4, 0.5) is 0 Å².